The van der Waals surface area contributed by atoms with Gasteiger partial charge in [0.1, 0.15) is 5.76 Å². The summed E-state index contributed by atoms with van der Waals surface area (Å²) in [6.07, 6.45) is 4.92. The number of Topliss-reactive ketones (excluding diaryl/α,β-unsaturated/α-hetero) is 1. The van der Waals surface area contributed by atoms with E-state index in [9.17, 15) is 14.7 Å². The lowest BCUT2D eigenvalue weighted by Crippen LogP contribution is -2.29. The number of ether oxygens (including phenoxy) is 2. The average Bonchev–Trinajstić information content (AvgIpc) is 3.46. The fourth-order valence-electron chi connectivity index (χ4n) is 4.43. The molecule has 0 aliphatic carbocycles. The number of carbonyl (C=O) groups excluding carboxylic acids is 2. The minimum absolute atomic E-state index is 0.0293. The van der Waals surface area contributed by atoms with E-state index in [1.165, 1.54) is 35.7 Å². The molecule has 1 unspecified atom stereocenters. The van der Waals surface area contributed by atoms with Gasteiger partial charge in [-0.05, 0) is 60.9 Å². The van der Waals surface area contributed by atoms with E-state index in [1.807, 2.05) is 25.1 Å². The zero-order chi connectivity index (χ0) is 26.8. The number of unbranched alkanes of at least 4 members (excludes halogenated alkanes) is 1. The number of fused-ring (bicyclic) bond motifs is 1. The fraction of sp³-hybridized carbons (Fsp3) is 0.241. The highest BCUT2D eigenvalue weighted by molar-refractivity contribution is 7.22. The summed E-state index contributed by atoms with van der Waals surface area (Å²) in [5.74, 6) is -0.803. The standard InChI is InChI=1S/C29H27N3O5S/c1-4-5-14-37-21-9-7-19(16-22(21)36-3)25-24(26(33)18-10-12-30-13-11-18)27(34)28(35)32(25)29-31-20-8-6-17(2)15-23(20)38-29/h6-13,15-16,25,33H,4-5,14H2,1-3H3/b26-24+. The molecule has 4 aromatic rings. The number of nitrogens with zero attached hydrogens (tertiary/aromatic N) is 3. The van der Waals surface area contributed by atoms with Crippen LogP contribution in [0.4, 0.5) is 5.13 Å². The van der Waals surface area contributed by atoms with Gasteiger partial charge in [0.05, 0.1) is 35.5 Å². The van der Waals surface area contributed by atoms with Gasteiger partial charge >= 0.3 is 5.91 Å². The van der Waals surface area contributed by atoms with E-state index in [0.29, 0.717) is 34.4 Å². The predicted octanol–water partition coefficient (Wildman–Crippen LogP) is 5.81. The number of ketones is 1. The van der Waals surface area contributed by atoms with Crippen LogP contribution in [-0.4, -0.2) is 40.5 Å². The minimum Gasteiger partial charge on any atom is -0.507 e. The molecule has 194 valence electrons. The lowest BCUT2D eigenvalue weighted by atomic mass is 9.95. The molecule has 8 nitrogen and oxygen atoms in total. The Morgan fingerprint density at radius 2 is 1.87 bits per heavy atom. The molecule has 1 aliphatic rings. The molecule has 1 N–H and O–H groups in total. The number of rotatable bonds is 8. The number of methoxy groups -OCH3 is 1. The number of aryl methyl sites for hydroxylation is 1. The van der Waals surface area contributed by atoms with Crippen LogP contribution in [0.2, 0.25) is 0 Å². The molecule has 5 rings (SSSR count). The summed E-state index contributed by atoms with van der Waals surface area (Å²) in [6.45, 7) is 4.60. The number of amides is 1. The second kappa shape index (κ2) is 10.6. The van der Waals surface area contributed by atoms with Gasteiger partial charge in [0.15, 0.2) is 16.6 Å². The summed E-state index contributed by atoms with van der Waals surface area (Å²) >= 11 is 1.32. The Morgan fingerprint density at radius 1 is 1.08 bits per heavy atom. The van der Waals surface area contributed by atoms with Crippen LogP contribution in [0.1, 0.15) is 42.5 Å². The van der Waals surface area contributed by atoms with Crippen molar-refractivity contribution in [2.24, 2.45) is 0 Å². The van der Waals surface area contributed by atoms with Crippen LogP contribution in [0.5, 0.6) is 11.5 Å². The lowest BCUT2D eigenvalue weighted by molar-refractivity contribution is -0.132. The normalized spacial score (nSPS) is 16.8. The number of aromatic nitrogens is 2. The Bertz CT molecular complexity index is 1550. The van der Waals surface area contributed by atoms with Crippen molar-refractivity contribution in [2.75, 3.05) is 18.6 Å². The van der Waals surface area contributed by atoms with Gasteiger partial charge in [0.25, 0.3) is 5.78 Å². The highest BCUT2D eigenvalue weighted by Gasteiger charge is 2.48. The molecule has 0 bridgehead atoms. The van der Waals surface area contributed by atoms with E-state index < -0.39 is 17.7 Å². The Labute approximate surface area is 224 Å². The Kier molecular flexibility index (Phi) is 7.11. The molecule has 0 saturated carbocycles. The molecule has 0 radical (unpaired) electrons. The van der Waals surface area contributed by atoms with Crippen molar-refractivity contribution in [1.29, 1.82) is 0 Å². The fourth-order valence-corrected chi connectivity index (χ4v) is 5.52. The maximum atomic E-state index is 13.5. The number of hydrogen-bond donors (Lipinski definition) is 1. The van der Waals surface area contributed by atoms with Gasteiger partial charge < -0.3 is 14.6 Å². The summed E-state index contributed by atoms with van der Waals surface area (Å²) in [5, 5.41) is 11.7. The number of pyridine rings is 1. The third kappa shape index (κ3) is 4.61. The molecule has 3 heterocycles. The number of aliphatic hydroxyl groups is 1. The second-order valence-electron chi connectivity index (χ2n) is 8.98. The van der Waals surface area contributed by atoms with Crippen molar-refractivity contribution < 1.29 is 24.2 Å². The first kappa shape index (κ1) is 25.4. The lowest BCUT2D eigenvalue weighted by Gasteiger charge is -2.24. The molecule has 1 aliphatic heterocycles. The van der Waals surface area contributed by atoms with Crippen LogP contribution in [0, 0.1) is 6.92 Å². The molecular formula is C29H27N3O5S. The van der Waals surface area contributed by atoms with Gasteiger partial charge in [-0.3, -0.25) is 19.5 Å². The third-order valence-electron chi connectivity index (χ3n) is 6.40. The number of carbonyl (C=O) groups is 2. The molecule has 2 aromatic carbocycles. The smallest absolute Gasteiger partial charge is 0.301 e. The first-order valence-corrected chi connectivity index (χ1v) is 13.1. The van der Waals surface area contributed by atoms with E-state index in [4.69, 9.17) is 9.47 Å². The maximum Gasteiger partial charge on any atom is 0.301 e. The van der Waals surface area contributed by atoms with Crippen molar-refractivity contribution in [3.05, 3.63) is 83.2 Å². The molecule has 0 spiro atoms. The van der Waals surface area contributed by atoms with Gasteiger partial charge in [0.2, 0.25) is 0 Å². The molecule has 9 heteroatoms. The topological polar surface area (TPSA) is 102 Å². The van der Waals surface area contributed by atoms with Crippen LogP contribution in [0.25, 0.3) is 16.0 Å². The van der Waals surface area contributed by atoms with Gasteiger partial charge in [-0.2, -0.15) is 0 Å². The summed E-state index contributed by atoms with van der Waals surface area (Å²) < 4.78 is 12.4. The highest BCUT2D eigenvalue weighted by atomic mass is 32.1. The van der Waals surface area contributed by atoms with Crippen molar-refractivity contribution in [2.45, 2.75) is 32.7 Å². The summed E-state index contributed by atoms with van der Waals surface area (Å²) in [6, 6.07) is 13.4. The molecule has 38 heavy (non-hydrogen) atoms. The highest BCUT2D eigenvalue weighted by Crippen LogP contribution is 2.45. The number of benzene rings is 2. The van der Waals surface area contributed by atoms with Crippen molar-refractivity contribution >= 4 is 44.1 Å². The summed E-state index contributed by atoms with van der Waals surface area (Å²) in [5.41, 5.74) is 2.72. The number of hydrogen-bond acceptors (Lipinski definition) is 8. The van der Waals surface area contributed by atoms with Gasteiger partial charge in [-0.25, -0.2) is 4.98 Å². The van der Waals surface area contributed by atoms with Crippen LogP contribution < -0.4 is 14.4 Å². The van der Waals surface area contributed by atoms with Crippen LogP contribution in [-0.2, 0) is 9.59 Å². The summed E-state index contributed by atoms with van der Waals surface area (Å²) in [7, 11) is 1.54. The van der Waals surface area contributed by atoms with Crippen LogP contribution >= 0.6 is 11.3 Å². The third-order valence-corrected chi connectivity index (χ3v) is 7.41. The van der Waals surface area contributed by atoms with E-state index in [2.05, 4.69) is 16.9 Å². The second-order valence-corrected chi connectivity index (χ2v) is 9.99. The molecule has 1 fully saturated rings. The average molecular weight is 530 g/mol. The SMILES string of the molecule is CCCCOc1ccc(C2/C(=C(\O)c3ccncc3)C(=O)C(=O)N2c2nc3ccc(C)cc3s2)cc1OC. The van der Waals surface area contributed by atoms with E-state index in [1.54, 1.807) is 30.3 Å². The summed E-state index contributed by atoms with van der Waals surface area (Å²) in [4.78, 5) is 37.0. The zero-order valence-electron chi connectivity index (χ0n) is 21.3. The zero-order valence-corrected chi connectivity index (χ0v) is 22.1. The number of thiazole rings is 1. The Hall–Kier alpha value is -4.24. The number of aliphatic hydroxyl groups excluding tert-OH is 1. The molecule has 2 aromatic heterocycles. The van der Waals surface area contributed by atoms with E-state index >= 15 is 0 Å². The van der Waals surface area contributed by atoms with E-state index in [-0.39, 0.29) is 11.3 Å². The number of anilines is 1. The minimum atomic E-state index is -0.927. The molecule has 1 atom stereocenters. The Balaban J connectivity index is 1.68. The van der Waals surface area contributed by atoms with Gasteiger partial charge in [0, 0.05) is 18.0 Å². The van der Waals surface area contributed by atoms with E-state index in [0.717, 1.165) is 28.6 Å². The maximum absolute atomic E-state index is 13.5. The van der Waals surface area contributed by atoms with Crippen molar-refractivity contribution in [1.82, 2.24) is 9.97 Å². The van der Waals surface area contributed by atoms with Crippen molar-refractivity contribution in [3.63, 3.8) is 0 Å². The van der Waals surface area contributed by atoms with Crippen molar-refractivity contribution in [3.8, 4) is 11.5 Å². The quantitative estimate of drug-likeness (QED) is 0.133. The predicted molar refractivity (Wildman–Crippen MR) is 147 cm³/mol. The molecule has 1 saturated heterocycles. The van der Waals surface area contributed by atoms with Crippen LogP contribution in [0.15, 0.2) is 66.5 Å². The first-order valence-electron chi connectivity index (χ1n) is 12.3. The monoisotopic (exact) mass is 529 g/mol. The van der Waals surface area contributed by atoms with Gasteiger partial charge in [-0.15, -0.1) is 0 Å². The molecule has 1 amide bonds. The largest absolute Gasteiger partial charge is 0.507 e. The van der Waals surface area contributed by atoms with Gasteiger partial charge in [-0.1, -0.05) is 36.8 Å². The Morgan fingerprint density at radius 3 is 2.61 bits per heavy atom. The van der Waals surface area contributed by atoms with Crippen LogP contribution in [0.3, 0.4) is 0 Å². The first-order chi connectivity index (χ1) is 18.4. The molecular weight excluding hydrogens is 502 g/mol.